The molecule has 1 heteroatoms. The molecule has 0 amide bonds. The lowest BCUT2D eigenvalue weighted by molar-refractivity contribution is 0.529. The molecule has 20 heavy (non-hydrogen) atoms. The van der Waals surface area contributed by atoms with Crippen LogP contribution >= 0.6 is 0 Å². The van der Waals surface area contributed by atoms with Crippen LogP contribution in [0.5, 0.6) is 0 Å². The lowest BCUT2D eigenvalue weighted by Crippen LogP contribution is -2.24. The van der Waals surface area contributed by atoms with Crippen LogP contribution in [0.25, 0.3) is 0 Å². The summed E-state index contributed by atoms with van der Waals surface area (Å²) >= 11 is 0. The Hall–Kier alpha value is -1.60. The number of hydrogen-bond acceptors (Lipinski definition) is 1. The van der Waals surface area contributed by atoms with E-state index in [9.17, 15) is 0 Å². The number of hydrogen-bond donors (Lipinski definition) is 1. The molecule has 1 atom stereocenters. The summed E-state index contributed by atoms with van der Waals surface area (Å²) in [6.45, 7) is 7.57. The Morgan fingerprint density at radius 2 is 1.70 bits per heavy atom. The van der Waals surface area contributed by atoms with Crippen LogP contribution in [0.4, 0.5) is 0 Å². The maximum atomic E-state index is 3.67. The number of rotatable bonds is 6. The minimum atomic E-state index is 0.400. The molecule has 2 aromatic carbocycles. The molecule has 1 nitrogen and oxygen atoms in total. The van der Waals surface area contributed by atoms with Crippen molar-refractivity contribution in [1.29, 1.82) is 0 Å². The molecule has 1 unspecified atom stereocenters. The standard InChI is InChI=1S/C19H25N/c1-4-12-20-19(18-10-8-15(2)9-11-18)14-17-7-5-6-16(3)13-17/h5-11,13,19-20H,4,12,14H2,1-3H3. The summed E-state index contributed by atoms with van der Waals surface area (Å²) in [5, 5.41) is 3.67. The van der Waals surface area contributed by atoms with Crippen molar-refractivity contribution >= 4 is 0 Å². The third-order valence-electron chi connectivity index (χ3n) is 3.64. The number of aryl methyl sites for hydroxylation is 2. The maximum Gasteiger partial charge on any atom is 0.0360 e. The van der Waals surface area contributed by atoms with Crippen molar-refractivity contribution in [2.45, 2.75) is 39.7 Å². The van der Waals surface area contributed by atoms with E-state index in [1.54, 1.807) is 0 Å². The minimum absolute atomic E-state index is 0.400. The predicted molar refractivity (Wildman–Crippen MR) is 87.1 cm³/mol. The molecule has 0 saturated carbocycles. The van der Waals surface area contributed by atoms with Gasteiger partial charge in [-0.2, -0.15) is 0 Å². The van der Waals surface area contributed by atoms with Gasteiger partial charge in [0.05, 0.1) is 0 Å². The van der Waals surface area contributed by atoms with Gasteiger partial charge in [-0.25, -0.2) is 0 Å². The van der Waals surface area contributed by atoms with Gasteiger partial charge in [0.2, 0.25) is 0 Å². The lowest BCUT2D eigenvalue weighted by Gasteiger charge is -2.19. The second-order valence-electron chi connectivity index (χ2n) is 5.61. The SMILES string of the molecule is CCCNC(Cc1cccc(C)c1)c1ccc(C)cc1. The fourth-order valence-corrected chi connectivity index (χ4v) is 2.50. The van der Waals surface area contributed by atoms with E-state index in [1.807, 2.05) is 0 Å². The molecule has 0 aliphatic rings. The van der Waals surface area contributed by atoms with Crippen molar-refractivity contribution in [1.82, 2.24) is 5.32 Å². The summed E-state index contributed by atoms with van der Waals surface area (Å²) in [5.41, 5.74) is 5.43. The summed E-state index contributed by atoms with van der Waals surface area (Å²) in [7, 11) is 0. The van der Waals surface area contributed by atoms with Gasteiger partial charge in [0.15, 0.2) is 0 Å². The molecule has 0 aliphatic heterocycles. The summed E-state index contributed by atoms with van der Waals surface area (Å²) < 4.78 is 0. The van der Waals surface area contributed by atoms with Gasteiger partial charge in [0.1, 0.15) is 0 Å². The Kier molecular flexibility index (Phi) is 5.37. The maximum absolute atomic E-state index is 3.67. The molecule has 0 saturated heterocycles. The Balaban J connectivity index is 2.16. The molecular weight excluding hydrogens is 242 g/mol. The Morgan fingerprint density at radius 3 is 2.35 bits per heavy atom. The third kappa shape index (κ3) is 4.21. The van der Waals surface area contributed by atoms with E-state index in [-0.39, 0.29) is 0 Å². The summed E-state index contributed by atoms with van der Waals surface area (Å²) in [4.78, 5) is 0. The van der Waals surface area contributed by atoms with Crippen molar-refractivity contribution < 1.29 is 0 Å². The van der Waals surface area contributed by atoms with Crippen molar-refractivity contribution in [2.75, 3.05) is 6.54 Å². The van der Waals surface area contributed by atoms with Gasteiger partial charge >= 0.3 is 0 Å². The quantitative estimate of drug-likeness (QED) is 0.807. The molecule has 2 rings (SSSR count). The van der Waals surface area contributed by atoms with Crippen LogP contribution < -0.4 is 5.32 Å². The molecule has 0 radical (unpaired) electrons. The molecule has 0 aromatic heterocycles. The largest absolute Gasteiger partial charge is 0.310 e. The molecular formula is C19H25N. The third-order valence-corrected chi connectivity index (χ3v) is 3.64. The van der Waals surface area contributed by atoms with Crippen molar-refractivity contribution in [3.8, 4) is 0 Å². The molecule has 0 heterocycles. The zero-order valence-electron chi connectivity index (χ0n) is 12.8. The van der Waals surface area contributed by atoms with Crippen molar-refractivity contribution in [3.05, 3.63) is 70.8 Å². The zero-order chi connectivity index (χ0) is 14.4. The zero-order valence-corrected chi connectivity index (χ0v) is 12.8. The molecule has 0 bridgehead atoms. The van der Waals surface area contributed by atoms with Gasteiger partial charge < -0.3 is 5.32 Å². The van der Waals surface area contributed by atoms with Gasteiger partial charge in [0.25, 0.3) is 0 Å². The second kappa shape index (κ2) is 7.25. The van der Waals surface area contributed by atoms with Crippen LogP contribution in [0.2, 0.25) is 0 Å². The highest BCUT2D eigenvalue weighted by Gasteiger charge is 2.11. The monoisotopic (exact) mass is 267 g/mol. The Bertz CT molecular complexity index is 528. The van der Waals surface area contributed by atoms with E-state index in [0.29, 0.717) is 6.04 Å². The van der Waals surface area contributed by atoms with Crippen LogP contribution in [0, 0.1) is 13.8 Å². The Morgan fingerprint density at radius 1 is 0.950 bits per heavy atom. The fraction of sp³-hybridized carbons (Fsp3) is 0.368. The van der Waals surface area contributed by atoms with Crippen LogP contribution in [-0.2, 0) is 6.42 Å². The van der Waals surface area contributed by atoms with Crippen LogP contribution in [-0.4, -0.2) is 6.54 Å². The Labute approximate surface area is 123 Å². The topological polar surface area (TPSA) is 12.0 Å². The predicted octanol–water partition coefficient (Wildman–Crippen LogP) is 4.59. The highest BCUT2D eigenvalue weighted by atomic mass is 14.9. The van der Waals surface area contributed by atoms with E-state index in [4.69, 9.17) is 0 Å². The van der Waals surface area contributed by atoms with Crippen molar-refractivity contribution in [3.63, 3.8) is 0 Å². The average Bonchev–Trinajstić information content (AvgIpc) is 2.44. The van der Waals surface area contributed by atoms with Gasteiger partial charge in [-0.15, -0.1) is 0 Å². The first-order valence-corrected chi connectivity index (χ1v) is 7.54. The molecule has 0 spiro atoms. The smallest absolute Gasteiger partial charge is 0.0360 e. The molecule has 2 aromatic rings. The first kappa shape index (κ1) is 14.8. The fourth-order valence-electron chi connectivity index (χ4n) is 2.50. The summed E-state index contributed by atoms with van der Waals surface area (Å²) in [6.07, 6.45) is 2.21. The number of nitrogens with one attached hydrogen (secondary N) is 1. The van der Waals surface area contributed by atoms with Gasteiger partial charge in [-0.05, 0) is 44.4 Å². The van der Waals surface area contributed by atoms with Crippen molar-refractivity contribution in [2.24, 2.45) is 0 Å². The normalized spacial score (nSPS) is 12.3. The number of benzene rings is 2. The van der Waals surface area contributed by atoms with E-state index < -0.39 is 0 Å². The highest BCUT2D eigenvalue weighted by Crippen LogP contribution is 2.19. The molecule has 106 valence electrons. The molecule has 0 aliphatic carbocycles. The van der Waals surface area contributed by atoms with E-state index in [0.717, 1.165) is 19.4 Å². The van der Waals surface area contributed by atoms with E-state index in [1.165, 1.54) is 22.3 Å². The van der Waals surface area contributed by atoms with E-state index >= 15 is 0 Å². The van der Waals surface area contributed by atoms with Crippen LogP contribution in [0.1, 0.15) is 41.6 Å². The minimum Gasteiger partial charge on any atom is -0.310 e. The molecule has 1 N–H and O–H groups in total. The lowest BCUT2D eigenvalue weighted by atomic mass is 9.97. The first-order chi connectivity index (χ1) is 9.69. The van der Waals surface area contributed by atoms with Gasteiger partial charge in [-0.3, -0.25) is 0 Å². The van der Waals surface area contributed by atoms with Crippen LogP contribution in [0.15, 0.2) is 48.5 Å². The van der Waals surface area contributed by atoms with Gasteiger partial charge in [0, 0.05) is 6.04 Å². The molecule has 0 fully saturated rings. The van der Waals surface area contributed by atoms with Gasteiger partial charge in [-0.1, -0.05) is 66.6 Å². The van der Waals surface area contributed by atoms with Crippen LogP contribution in [0.3, 0.4) is 0 Å². The summed E-state index contributed by atoms with van der Waals surface area (Å²) in [6, 6.07) is 18.1. The first-order valence-electron chi connectivity index (χ1n) is 7.54. The van der Waals surface area contributed by atoms with E-state index in [2.05, 4.69) is 74.6 Å². The average molecular weight is 267 g/mol. The second-order valence-corrected chi connectivity index (χ2v) is 5.61. The highest BCUT2D eigenvalue weighted by molar-refractivity contribution is 5.28. The summed E-state index contributed by atoms with van der Waals surface area (Å²) in [5.74, 6) is 0.